The Morgan fingerprint density at radius 3 is 2.21 bits per heavy atom. The van der Waals surface area contributed by atoms with Crippen molar-refractivity contribution >= 4 is 22.3 Å². The molecular weight excluding hydrogens is 456 g/mol. The molecule has 33 heavy (non-hydrogen) atoms. The van der Waals surface area contributed by atoms with Crippen molar-refractivity contribution < 1.29 is 45.5 Å². The van der Waals surface area contributed by atoms with Crippen LogP contribution in [0.3, 0.4) is 0 Å². The van der Waals surface area contributed by atoms with Crippen LogP contribution in [0.15, 0.2) is 18.7 Å². The molecule has 0 aromatic carbocycles. The number of esters is 2. The number of hydrogen-bond donors (Lipinski definition) is 0. The van der Waals surface area contributed by atoms with Crippen molar-refractivity contribution in [2.24, 2.45) is 7.05 Å². The number of aromatic nitrogens is 2. The normalized spacial score (nSPS) is 13.9. The number of nitrogens with zero attached hydrogens (tertiary/aromatic N) is 2. The first kappa shape index (κ1) is 31.0. The average molecular weight is 495 g/mol. The van der Waals surface area contributed by atoms with Gasteiger partial charge in [0.2, 0.25) is 16.7 Å². The minimum absolute atomic E-state index is 0.0258. The summed E-state index contributed by atoms with van der Waals surface area (Å²) in [5.41, 5.74) is -1.60. The Morgan fingerprint density at radius 1 is 1.12 bits per heavy atom. The minimum Gasteiger partial charge on any atom is -0.726 e. The van der Waals surface area contributed by atoms with Crippen LogP contribution in [0.25, 0.3) is 0 Å². The van der Waals surface area contributed by atoms with Crippen LogP contribution in [0, 0.1) is 0 Å². The molecule has 0 spiro atoms. The van der Waals surface area contributed by atoms with Gasteiger partial charge in [-0.15, -0.1) is 0 Å². The maximum atomic E-state index is 12.3. The first-order valence-electron chi connectivity index (χ1n) is 11.0. The highest BCUT2D eigenvalue weighted by atomic mass is 32.3. The molecule has 1 heterocycles. The van der Waals surface area contributed by atoms with E-state index in [9.17, 15) is 22.6 Å². The topological polar surface area (TPSA) is 137 Å². The monoisotopic (exact) mass is 494 g/mol. The largest absolute Gasteiger partial charge is 0.726 e. The fourth-order valence-electron chi connectivity index (χ4n) is 2.79. The van der Waals surface area contributed by atoms with Gasteiger partial charge < -0.3 is 18.8 Å². The molecule has 1 unspecified atom stereocenters. The number of rotatable bonds is 14. The smallest absolute Gasteiger partial charge is 0.369 e. The van der Waals surface area contributed by atoms with Gasteiger partial charge in [-0.2, -0.15) is 0 Å². The Morgan fingerprint density at radius 2 is 1.73 bits per heavy atom. The maximum Gasteiger partial charge on any atom is 0.369 e. The Labute approximate surface area is 196 Å². The number of hydrogen-bond acceptors (Lipinski definition) is 9. The minimum atomic E-state index is -4.47. The van der Waals surface area contributed by atoms with Gasteiger partial charge in [-0.3, -0.25) is 4.18 Å². The Bertz CT molecular complexity index is 810. The molecule has 1 rings (SSSR count). The number of carbonyl (C=O) groups excluding carboxylic acids is 2. The van der Waals surface area contributed by atoms with Crippen LogP contribution in [0.5, 0.6) is 0 Å². The molecule has 0 bridgehead atoms. The summed E-state index contributed by atoms with van der Waals surface area (Å²) in [5, 5.41) is 0. The van der Waals surface area contributed by atoms with Crippen LogP contribution < -0.4 is 4.57 Å². The zero-order valence-electron chi connectivity index (χ0n) is 20.4. The fraction of sp³-hybridized carbons (Fsp3) is 0.762. The lowest BCUT2D eigenvalue weighted by Gasteiger charge is -2.23. The molecule has 0 aliphatic rings. The van der Waals surface area contributed by atoms with E-state index in [0.717, 1.165) is 12.8 Å². The summed E-state index contributed by atoms with van der Waals surface area (Å²) in [6.07, 6.45) is 10.4. The number of carbonyl (C=O) groups is 2. The predicted molar refractivity (Wildman–Crippen MR) is 117 cm³/mol. The fourth-order valence-corrected chi connectivity index (χ4v) is 3.11. The number of aryl methyl sites for hydroxylation is 1. The molecule has 0 saturated carbocycles. The van der Waals surface area contributed by atoms with Crippen molar-refractivity contribution in [2.75, 3.05) is 20.3 Å². The van der Waals surface area contributed by atoms with Crippen LogP contribution >= 0.6 is 0 Å². The Hall–Kier alpha value is -2.02. The molecule has 12 heteroatoms. The van der Waals surface area contributed by atoms with Crippen molar-refractivity contribution in [3.63, 3.8) is 0 Å². The van der Waals surface area contributed by atoms with Crippen LogP contribution in [0.1, 0.15) is 66.2 Å². The van der Waals surface area contributed by atoms with E-state index >= 15 is 0 Å². The van der Waals surface area contributed by atoms with Crippen molar-refractivity contribution in [1.29, 1.82) is 0 Å². The highest BCUT2D eigenvalue weighted by Crippen LogP contribution is 2.20. The van der Waals surface area contributed by atoms with Crippen molar-refractivity contribution in [3.05, 3.63) is 18.7 Å². The van der Waals surface area contributed by atoms with E-state index in [0.29, 0.717) is 13.0 Å². The molecule has 0 aliphatic heterocycles. The third-order valence-corrected chi connectivity index (χ3v) is 5.12. The molecule has 11 nitrogen and oxygen atoms in total. The average Bonchev–Trinajstić information content (AvgIpc) is 3.18. The third-order valence-electron chi connectivity index (χ3n) is 4.67. The van der Waals surface area contributed by atoms with Gasteiger partial charge in [0, 0.05) is 13.5 Å². The number of imidazole rings is 1. The van der Waals surface area contributed by atoms with E-state index in [1.165, 1.54) is 37.9 Å². The highest BCUT2D eigenvalue weighted by molar-refractivity contribution is 7.80. The van der Waals surface area contributed by atoms with Crippen molar-refractivity contribution in [1.82, 2.24) is 4.57 Å². The maximum absolute atomic E-state index is 12.3. The van der Waals surface area contributed by atoms with Gasteiger partial charge in [-0.25, -0.2) is 27.1 Å². The third kappa shape index (κ3) is 12.1. The number of ether oxygens (including phenoxy) is 3. The quantitative estimate of drug-likeness (QED) is 0.0722. The lowest BCUT2D eigenvalue weighted by Crippen LogP contribution is -2.49. The second-order valence-corrected chi connectivity index (χ2v) is 8.53. The van der Waals surface area contributed by atoms with E-state index in [1.807, 2.05) is 0 Å². The van der Waals surface area contributed by atoms with Gasteiger partial charge in [-0.05, 0) is 20.3 Å². The summed E-state index contributed by atoms with van der Waals surface area (Å²) in [6, 6.07) is 0. The van der Waals surface area contributed by atoms with Crippen molar-refractivity contribution in [2.45, 2.75) is 78.0 Å². The zero-order chi connectivity index (χ0) is 25.5. The summed E-state index contributed by atoms with van der Waals surface area (Å²) in [6.45, 7) is 7.39. The number of methoxy groups -OCH3 is 1. The van der Waals surface area contributed by atoms with Gasteiger partial charge in [0.25, 0.3) is 0 Å². The van der Waals surface area contributed by atoms with Gasteiger partial charge in [-0.1, -0.05) is 39.0 Å². The molecule has 2 atom stereocenters. The van der Waals surface area contributed by atoms with Gasteiger partial charge in [0.15, 0.2) is 6.29 Å². The highest BCUT2D eigenvalue weighted by Gasteiger charge is 2.51. The van der Waals surface area contributed by atoms with Gasteiger partial charge in [0.1, 0.15) is 12.4 Å². The lowest BCUT2D eigenvalue weighted by molar-refractivity contribution is -0.671. The Kier molecular flexibility index (Phi) is 14.8. The number of unbranched alkanes of at least 4 members (excludes halogenated alkanes) is 5. The molecule has 0 N–H and O–H groups in total. The predicted octanol–water partition coefficient (Wildman–Crippen LogP) is 1.95. The summed E-state index contributed by atoms with van der Waals surface area (Å²) in [4.78, 5) is 24.4. The first-order chi connectivity index (χ1) is 15.4. The van der Waals surface area contributed by atoms with Gasteiger partial charge in [0.05, 0.1) is 20.8 Å². The van der Waals surface area contributed by atoms with Crippen LogP contribution in [0.2, 0.25) is 0 Å². The van der Waals surface area contributed by atoms with Crippen LogP contribution in [-0.4, -0.2) is 56.1 Å². The summed E-state index contributed by atoms with van der Waals surface area (Å²) >= 11 is 0. The lowest BCUT2D eigenvalue weighted by atomic mass is 10.0. The molecule has 0 fully saturated rings. The van der Waals surface area contributed by atoms with E-state index in [-0.39, 0.29) is 6.61 Å². The van der Waals surface area contributed by atoms with E-state index < -0.39 is 34.2 Å². The molecule has 0 saturated heterocycles. The summed E-state index contributed by atoms with van der Waals surface area (Å²) in [7, 11) is -1.47. The molecule has 0 radical (unpaired) electrons. The molecule has 0 amide bonds. The Balaban J connectivity index is 0.000000684. The first-order valence-corrected chi connectivity index (χ1v) is 12.3. The standard InChI is InChI=1S/C13H21N2O5.C8H18O4S/c1-6-19-10(2)20-12(17)13(3,11(16)18-5)15-8-7-14(4)9-15;1-2-3-4-5-6-7-8-12-13(9,10)11/h7-10H,6H2,1-5H3;2-8H2,1H3,(H,9,10,11)/q+1;/p-1/t10-,13?;/m1./s1. The van der Waals surface area contributed by atoms with Crippen LogP contribution in [0.4, 0.5) is 0 Å². The molecule has 1 aromatic heterocycles. The van der Waals surface area contributed by atoms with E-state index in [2.05, 4.69) is 11.1 Å². The van der Waals surface area contributed by atoms with Gasteiger partial charge >= 0.3 is 17.5 Å². The molecule has 0 aliphatic carbocycles. The molecular formula is C21H38N2O9S. The second kappa shape index (κ2) is 15.8. The van der Waals surface area contributed by atoms with E-state index in [1.54, 1.807) is 44.2 Å². The summed E-state index contributed by atoms with van der Waals surface area (Å²) < 4.78 is 52.2. The SMILES string of the molecule is CCCCCCCCOS(=O)(=O)[O-].CCO[C@@H](C)OC(=O)C(C)(C(=O)OC)n1cc[n+](C)c1. The molecule has 192 valence electrons. The second-order valence-electron chi connectivity index (χ2n) is 7.48. The zero-order valence-corrected chi connectivity index (χ0v) is 21.3. The molecule has 1 aromatic rings. The van der Waals surface area contributed by atoms with E-state index in [4.69, 9.17) is 14.2 Å². The van der Waals surface area contributed by atoms with Crippen LogP contribution in [-0.2, 0) is 51.0 Å². The van der Waals surface area contributed by atoms with Crippen molar-refractivity contribution in [3.8, 4) is 0 Å². The summed E-state index contributed by atoms with van der Waals surface area (Å²) in [5.74, 6) is -1.44.